The summed E-state index contributed by atoms with van der Waals surface area (Å²) in [5, 5.41) is 24.8. The van der Waals surface area contributed by atoms with Crippen LogP contribution in [-0.2, 0) is 27.2 Å². The number of hydrogen-bond donors (Lipinski definition) is 4. The molecule has 0 aliphatic carbocycles. The fourth-order valence-corrected chi connectivity index (χ4v) is 4.26. The van der Waals surface area contributed by atoms with Crippen LogP contribution < -0.4 is 26.5 Å². The number of carboxylic acid groups (broad SMARTS) is 1. The van der Waals surface area contributed by atoms with Crippen molar-refractivity contribution in [1.29, 1.82) is 0 Å². The van der Waals surface area contributed by atoms with Crippen LogP contribution in [0.5, 0.6) is 11.5 Å². The molecule has 4 heterocycles. The van der Waals surface area contributed by atoms with E-state index >= 15 is 0 Å². The molecular formula is C30H38N6O8. The van der Waals surface area contributed by atoms with E-state index in [9.17, 15) is 24.3 Å². The molecule has 0 fully saturated rings. The topological polar surface area (TPSA) is 186 Å². The van der Waals surface area contributed by atoms with Gasteiger partial charge in [0.15, 0.2) is 0 Å². The Balaban J connectivity index is 0.000000241. The quantitative estimate of drug-likeness (QED) is 0.203. The van der Waals surface area contributed by atoms with Gasteiger partial charge in [-0.15, -0.1) is 0 Å². The zero-order chi connectivity index (χ0) is 33.0. The monoisotopic (exact) mass is 610 g/mol. The van der Waals surface area contributed by atoms with Gasteiger partial charge in [-0.3, -0.25) is 18.4 Å². The van der Waals surface area contributed by atoms with Crippen molar-refractivity contribution in [2.45, 2.75) is 65.5 Å². The van der Waals surface area contributed by atoms with E-state index in [2.05, 4.69) is 20.6 Å². The summed E-state index contributed by atoms with van der Waals surface area (Å²) in [4.78, 5) is 56.1. The molecule has 14 heteroatoms. The van der Waals surface area contributed by atoms with E-state index in [1.54, 1.807) is 51.2 Å². The number of nitrogens with zero attached hydrogens (tertiary/aromatic N) is 4. The van der Waals surface area contributed by atoms with Crippen molar-refractivity contribution in [2.75, 3.05) is 24.9 Å². The number of carboxylic acids is 1. The lowest BCUT2D eigenvalue weighted by molar-refractivity contribution is -0.144. The normalized spacial score (nSPS) is 11.5. The van der Waals surface area contributed by atoms with Crippen molar-refractivity contribution in [3.8, 4) is 11.5 Å². The third-order valence-electron chi connectivity index (χ3n) is 6.74. The van der Waals surface area contributed by atoms with Gasteiger partial charge in [0.1, 0.15) is 22.4 Å². The molecule has 0 aromatic carbocycles. The summed E-state index contributed by atoms with van der Waals surface area (Å²) in [6, 6.07) is 6.72. The van der Waals surface area contributed by atoms with Crippen LogP contribution in [0, 0.1) is 0 Å². The molecule has 0 spiro atoms. The Hall–Kier alpha value is -5.14. The third kappa shape index (κ3) is 6.90. The number of carbonyl (C=O) groups is 2. The molecule has 0 bridgehead atoms. The number of rotatable bonds is 9. The molecule has 0 radical (unpaired) electrons. The molecule has 4 rings (SSSR count). The van der Waals surface area contributed by atoms with Gasteiger partial charge in [0.25, 0.3) is 5.56 Å². The number of aliphatic carboxylic acids is 1. The van der Waals surface area contributed by atoms with Crippen molar-refractivity contribution in [3.05, 3.63) is 68.8 Å². The average Bonchev–Trinajstić information content (AvgIpc) is 2.98. The number of carbonyl (C=O) groups excluding carboxylic acids is 1. The van der Waals surface area contributed by atoms with E-state index in [1.807, 2.05) is 6.92 Å². The van der Waals surface area contributed by atoms with Gasteiger partial charge < -0.3 is 30.3 Å². The predicted molar refractivity (Wildman–Crippen MR) is 165 cm³/mol. The van der Waals surface area contributed by atoms with Crippen LogP contribution in [0.4, 0.5) is 11.4 Å². The van der Waals surface area contributed by atoms with Crippen molar-refractivity contribution < 1.29 is 29.3 Å². The number of aryl methyl sites for hydroxylation is 2. The minimum Gasteiger partial charge on any atom is -0.502 e. The Labute approximate surface area is 253 Å². The zero-order valence-electron chi connectivity index (χ0n) is 26.0. The lowest BCUT2D eigenvalue weighted by atomic mass is 10.1. The predicted octanol–water partition coefficient (Wildman–Crippen LogP) is 2.87. The highest BCUT2D eigenvalue weighted by Crippen LogP contribution is 2.20. The molecular weight excluding hydrogens is 572 g/mol. The van der Waals surface area contributed by atoms with Crippen LogP contribution in [0.15, 0.2) is 46.2 Å². The number of fused-ring (bicyclic) bond motifs is 2. The summed E-state index contributed by atoms with van der Waals surface area (Å²) >= 11 is 0. The van der Waals surface area contributed by atoms with Crippen molar-refractivity contribution >= 4 is 34.6 Å². The highest BCUT2D eigenvalue weighted by molar-refractivity contribution is 5.83. The van der Waals surface area contributed by atoms with Crippen molar-refractivity contribution in [1.82, 2.24) is 18.8 Å². The molecule has 0 saturated heterocycles. The number of methoxy groups -OCH3 is 2. The Morgan fingerprint density at radius 1 is 0.818 bits per heavy atom. The van der Waals surface area contributed by atoms with Gasteiger partial charge in [0.05, 0.1) is 37.0 Å². The largest absolute Gasteiger partial charge is 0.502 e. The molecule has 236 valence electrons. The van der Waals surface area contributed by atoms with Crippen LogP contribution in [0.25, 0.3) is 11.3 Å². The first-order valence-electron chi connectivity index (χ1n) is 13.8. The Bertz CT molecular complexity index is 1830. The lowest BCUT2D eigenvalue weighted by Crippen LogP contribution is -2.41. The molecule has 0 unspecified atom stereocenters. The molecule has 4 aromatic heterocycles. The van der Waals surface area contributed by atoms with Crippen LogP contribution >= 0.6 is 0 Å². The number of nitrogens with one attached hydrogen (secondary N) is 2. The van der Waals surface area contributed by atoms with E-state index in [1.165, 1.54) is 43.1 Å². The van der Waals surface area contributed by atoms with Crippen LogP contribution in [0.1, 0.15) is 52.9 Å². The maximum absolute atomic E-state index is 12.5. The van der Waals surface area contributed by atoms with Gasteiger partial charge in [-0.1, -0.05) is 13.8 Å². The zero-order valence-corrected chi connectivity index (χ0v) is 26.0. The van der Waals surface area contributed by atoms with E-state index in [0.717, 1.165) is 0 Å². The average molecular weight is 611 g/mol. The highest BCUT2D eigenvalue weighted by Gasteiger charge is 2.29. The molecule has 4 N–H and O–H groups in total. The lowest BCUT2D eigenvalue weighted by Gasteiger charge is -2.24. The number of hydrogen-bond acceptors (Lipinski definition) is 11. The van der Waals surface area contributed by atoms with E-state index < -0.39 is 28.6 Å². The molecule has 0 aliphatic rings. The van der Waals surface area contributed by atoms with Crippen LogP contribution in [0.3, 0.4) is 0 Å². The first-order valence-corrected chi connectivity index (χ1v) is 13.8. The van der Waals surface area contributed by atoms with Gasteiger partial charge in [-0.05, 0) is 64.8 Å². The third-order valence-corrected chi connectivity index (χ3v) is 6.74. The van der Waals surface area contributed by atoms with Crippen molar-refractivity contribution in [3.63, 3.8) is 0 Å². The Kier molecular flexibility index (Phi) is 9.87. The standard InChI is InChI=1S/C16H21N3O4.C14H17N3O4/c1-6-11-13(22-4)14(20)19-9-10(7-8-12(19)17-11)18-16(2,3)15(21)23-5;1-4-9-11(18)12(19)17-7-8(5-6-10(17)15-9)16-14(2,3)13(20)21/h7-9,18H,6H2,1-5H3;5-7,16,18H,4H2,1-3H3,(H,20,21). The summed E-state index contributed by atoms with van der Waals surface area (Å²) in [7, 11) is 2.78. The smallest absolute Gasteiger partial charge is 0.330 e. The maximum atomic E-state index is 12.5. The molecule has 44 heavy (non-hydrogen) atoms. The van der Waals surface area contributed by atoms with Gasteiger partial charge in [0.2, 0.25) is 11.5 Å². The molecule has 4 aromatic rings. The van der Waals surface area contributed by atoms with Gasteiger partial charge in [-0.25, -0.2) is 19.6 Å². The van der Waals surface area contributed by atoms with Gasteiger partial charge >= 0.3 is 17.5 Å². The molecule has 0 amide bonds. The number of aromatic hydroxyl groups is 1. The van der Waals surface area contributed by atoms with Crippen LogP contribution in [0.2, 0.25) is 0 Å². The fraction of sp³-hybridized carbons (Fsp3) is 0.400. The number of aromatic nitrogens is 4. The SMILES string of the molecule is CCc1nc2ccc(NC(C)(C)C(=O)O)cn2c(=O)c1O.CCc1nc2ccc(NC(C)(C)C(=O)OC)cn2c(=O)c1OC. The summed E-state index contributed by atoms with van der Waals surface area (Å²) in [5.74, 6) is -1.57. The van der Waals surface area contributed by atoms with E-state index in [0.29, 0.717) is 46.9 Å². The highest BCUT2D eigenvalue weighted by atomic mass is 16.5. The second kappa shape index (κ2) is 13.0. The second-order valence-electron chi connectivity index (χ2n) is 10.9. The first-order chi connectivity index (χ1) is 20.6. The second-order valence-corrected chi connectivity index (χ2v) is 10.9. The fourth-order valence-electron chi connectivity index (χ4n) is 4.26. The number of pyridine rings is 2. The first kappa shape index (κ1) is 33.4. The summed E-state index contributed by atoms with van der Waals surface area (Å²) < 4.78 is 12.5. The van der Waals surface area contributed by atoms with Gasteiger partial charge in [-0.2, -0.15) is 0 Å². The minimum absolute atomic E-state index is 0.231. The van der Waals surface area contributed by atoms with Gasteiger partial charge in [0, 0.05) is 12.4 Å². The summed E-state index contributed by atoms with van der Waals surface area (Å²) in [6.45, 7) is 10.1. The van der Waals surface area contributed by atoms with Crippen molar-refractivity contribution in [2.24, 2.45) is 0 Å². The molecule has 14 nitrogen and oxygen atoms in total. The number of esters is 1. The minimum atomic E-state index is -1.18. The molecule has 0 atom stereocenters. The van der Waals surface area contributed by atoms with Crippen LogP contribution in [-0.4, -0.2) is 66.2 Å². The van der Waals surface area contributed by atoms with E-state index in [4.69, 9.17) is 14.6 Å². The Morgan fingerprint density at radius 2 is 1.30 bits per heavy atom. The summed E-state index contributed by atoms with van der Waals surface area (Å²) in [6.07, 6.45) is 4.07. The maximum Gasteiger partial charge on any atom is 0.330 e. The number of ether oxygens (including phenoxy) is 2. The number of anilines is 2. The molecule has 0 aliphatic heterocycles. The summed E-state index contributed by atoms with van der Waals surface area (Å²) in [5.41, 5.74) is -0.0432. The van der Waals surface area contributed by atoms with E-state index in [-0.39, 0.29) is 17.1 Å². The molecule has 0 saturated carbocycles. The Morgan fingerprint density at radius 3 is 1.75 bits per heavy atom.